The maximum Gasteiger partial charge on any atom is 0.240 e. The number of nitrogens with one attached hydrogen (secondary N) is 1. The van der Waals surface area contributed by atoms with E-state index in [1.165, 1.54) is 4.88 Å². The summed E-state index contributed by atoms with van der Waals surface area (Å²) in [5, 5.41) is 1.04. The first-order chi connectivity index (χ1) is 10.2. The van der Waals surface area contributed by atoms with Gasteiger partial charge >= 0.3 is 0 Å². The van der Waals surface area contributed by atoms with Gasteiger partial charge in [-0.15, -0.1) is 11.3 Å². The van der Waals surface area contributed by atoms with Crippen molar-refractivity contribution in [3.8, 4) is 0 Å². The van der Waals surface area contributed by atoms with Crippen molar-refractivity contribution in [2.45, 2.75) is 19.1 Å². The number of hydrogen-bond donors (Lipinski definition) is 2. The van der Waals surface area contributed by atoms with Gasteiger partial charge < -0.3 is 14.4 Å². The van der Waals surface area contributed by atoms with Crippen LogP contribution in [0.3, 0.4) is 0 Å². The summed E-state index contributed by atoms with van der Waals surface area (Å²) in [6.45, 7) is 3.53. The van der Waals surface area contributed by atoms with Crippen molar-refractivity contribution in [2.75, 3.05) is 37.6 Å². The third kappa shape index (κ3) is 2.55. The van der Waals surface area contributed by atoms with Gasteiger partial charge in [0.25, 0.3) is 0 Å². The molecule has 2 unspecified atom stereocenters. The lowest BCUT2D eigenvalue weighted by Crippen LogP contribution is -2.27. The smallest absolute Gasteiger partial charge is 0.240 e. The van der Waals surface area contributed by atoms with Gasteiger partial charge in [0, 0.05) is 32.2 Å². The summed E-state index contributed by atoms with van der Waals surface area (Å²) in [7, 11) is 3.41. The predicted octanol–water partition coefficient (Wildman–Crippen LogP) is 1.14. The number of hydrogen-bond acceptors (Lipinski definition) is 8. The third-order valence-electron chi connectivity index (χ3n) is 3.75. The highest BCUT2D eigenvalue weighted by Gasteiger charge is 2.34. The van der Waals surface area contributed by atoms with Crippen LogP contribution < -0.4 is 16.2 Å². The molecule has 8 heteroatoms. The molecule has 0 radical (unpaired) electrons. The number of ether oxygens (including phenoxy) is 2. The minimum absolute atomic E-state index is 0.0361. The number of fused-ring (bicyclic) bond motifs is 1. The fourth-order valence-corrected chi connectivity index (χ4v) is 3.58. The van der Waals surface area contributed by atoms with Gasteiger partial charge in [-0.1, -0.05) is 0 Å². The molecule has 1 aliphatic heterocycles. The first-order valence-electron chi connectivity index (χ1n) is 6.71. The Labute approximate surface area is 127 Å². The standard InChI is InChI=1S/C13H19N5O2S/c1-7-4-8-11(15-13(17-14)16-12(8)21-7)18-5-9(19-2)10(6-18)20-3/h4,9-10H,5-6,14H2,1-3H3,(H,15,16,17). The lowest BCUT2D eigenvalue weighted by atomic mass is 10.3. The number of thiophene rings is 1. The number of nitrogen functional groups attached to an aromatic ring is 1. The number of nitrogens with two attached hydrogens (primary N) is 1. The molecule has 3 heterocycles. The van der Waals surface area contributed by atoms with Gasteiger partial charge in [-0.05, 0) is 13.0 Å². The van der Waals surface area contributed by atoms with E-state index < -0.39 is 0 Å². The van der Waals surface area contributed by atoms with E-state index in [2.05, 4.69) is 33.3 Å². The summed E-state index contributed by atoms with van der Waals surface area (Å²) in [5.74, 6) is 6.78. The van der Waals surface area contributed by atoms with E-state index in [1.54, 1.807) is 25.6 Å². The molecule has 3 N–H and O–H groups in total. The van der Waals surface area contributed by atoms with E-state index in [9.17, 15) is 0 Å². The summed E-state index contributed by atoms with van der Waals surface area (Å²) in [4.78, 5) is 13.2. The van der Waals surface area contributed by atoms with Crippen LogP contribution in [-0.4, -0.2) is 49.5 Å². The molecule has 3 rings (SSSR count). The summed E-state index contributed by atoms with van der Waals surface area (Å²) in [6.07, 6.45) is 0.0723. The Morgan fingerprint density at radius 2 is 1.95 bits per heavy atom. The van der Waals surface area contributed by atoms with Crippen LogP contribution in [0.1, 0.15) is 4.88 Å². The first-order valence-corrected chi connectivity index (χ1v) is 7.53. The number of methoxy groups -OCH3 is 2. The number of nitrogens with zero attached hydrogens (tertiary/aromatic N) is 3. The zero-order valence-corrected chi connectivity index (χ0v) is 13.1. The highest BCUT2D eigenvalue weighted by molar-refractivity contribution is 7.18. The van der Waals surface area contributed by atoms with Gasteiger partial charge in [0.2, 0.25) is 5.95 Å². The highest BCUT2D eigenvalue weighted by atomic mass is 32.1. The molecule has 114 valence electrons. The number of aryl methyl sites for hydroxylation is 1. The Hall–Kier alpha value is -1.48. The minimum Gasteiger partial charge on any atom is -0.377 e. The molecular weight excluding hydrogens is 290 g/mol. The molecule has 21 heavy (non-hydrogen) atoms. The van der Waals surface area contributed by atoms with E-state index in [-0.39, 0.29) is 12.2 Å². The van der Waals surface area contributed by atoms with Gasteiger partial charge in [-0.2, -0.15) is 4.98 Å². The first kappa shape index (κ1) is 14.5. The molecule has 7 nitrogen and oxygen atoms in total. The van der Waals surface area contributed by atoms with E-state index in [0.29, 0.717) is 5.95 Å². The zero-order valence-electron chi connectivity index (χ0n) is 12.3. The van der Waals surface area contributed by atoms with Crippen LogP contribution in [0.2, 0.25) is 0 Å². The van der Waals surface area contributed by atoms with Gasteiger partial charge in [0.15, 0.2) is 0 Å². The lowest BCUT2D eigenvalue weighted by molar-refractivity contribution is -0.00461. The fourth-order valence-electron chi connectivity index (χ4n) is 2.70. The molecule has 0 aliphatic carbocycles. The maximum absolute atomic E-state index is 5.49. The van der Waals surface area contributed by atoms with E-state index in [4.69, 9.17) is 15.3 Å². The van der Waals surface area contributed by atoms with E-state index in [1.807, 2.05) is 0 Å². The van der Waals surface area contributed by atoms with Crippen LogP contribution >= 0.6 is 11.3 Å². The van der Waals surface area contributed by atoms with Crippen molar-refractivity contribution in [2.24, 2.45) is 5.84 Å². The average molecular weight is 309 g/mol. The van der Waals surface area contributed by atoms with Crippen molar-refractivity contribution in [3.05, 3.63) is 10.9 Å². The van der Waals surface area contributed by atoms with Gasteiger partial charge in [0.05, 0.1) is 5.39 Å². The zero-order chi connectivity index (χ0) is 15.0. The summed E-state index contributed by atoms with van der Waals surface area (Å²) in [5.41, 5.74) is 2.54. The van der Waals surface area contributed by atoms with Gasteiger partial charge in [-0.25, -0.2) is 10.8 Å². The molecule has 2 atom stereocenters. The third-order valence-corrected chi connectivity index (χ3v) is 4.69. The van der Waals surface area contributed by atoms with E-state index >= 15 is 0 Å². The van der Waals surface area contributed by atoms with Gasteiger partial charge in [-0.3, -0.25) is 5.43 Å². The Morgan fingerprint density at radius 3 is 2.52 bits per heavy atom. The summed E-state index contributed by atoms with van der Waals surface area (Å²) in [6, 6.07) is 2.11. The maximum atomic E-state index is 5.49. The topological polar surface area (TPSA) is 85.5 Å². The second-order valence-electron chi connectivity index (χ2n) is 5.04. The molecule has 1 fully saturated rings. The Bertz CT molecular complexity index is 635. The highest BCUT2D eigenvalue weighted by Crippen LogP contribution is 2.33. The number of hydrazine groups is 1. The number of rotatable bonds is 4. The van der Waals surface area contributed by atoms with E-state index in [0.717, 1.165) is 29.1 Å². The molecule has 0 amide bonds. The molecular formula is C13H19N5O2S. The molecule has 0 saturated carbocycles. The molecule has 2 aromatic rings. The van der Waals surface area contributed by atoms with Crippen LogP contribution in [0, 0.1) is 6.92 Å². The largest absolute Gasteiger partial charge is 0.377 e. The SMILES string of the molecule is COC1CN(c2nc(NN)nc3sc(C)cc23)CC1OC. The number of anilines is 2. The normalized spacial score (nSPS) is 22.2. The molecule has 1 aliphatic rings. The number of aromatic nitrogens is 2. The predicted molar refractivity (Wildman–Crippen MR) is 83.8 cm³/mol. The average Bonchev–Trinajstić information content (AvgIpc) is 3.07. The van der Waals surface area contributed by atoms with Crippen LogP contribution in [0.25, 0.3) is 10.2 Å². The van der Waals surface area contributed by atoms with Crippen LogP contribution in [0.5, 0.6) is 0 Å². The van der Waals surface area contributed by atoms with Crippen molar-refractivity contribution in [3.63, 3.8) is 0 Å². The minimum atomic E-state index is 0.0361. The fraction of sp³-hybridized carbons (Fsp3) is 0.538. The Balaban J connectivity index is 2.03. The van der Waals surface area contributed by atoms with Crippen molar-refractivity contribution >= 4 is 33.3 Å². The monoisotopic (exact) mass is 309 g/mol. The Morgan fingerprint density at radius 1 is 1.29 bits per heavy atom. The van der Waals surface area contributed by atoms with Crippen molar-refractivity contribution in [1.82, 2.24) is 9.97 Å². The Kier molecular flexibility index (Phi) is 3.94. The molecule has 0 spiro atoms. The summed E-state index contributed by atoms with van der Waals surface area (Å²) < 4.78 is 11.0. The molecule has 1 saturated heterocycles. The molecule has 0 bridgehead atoms. The van der Waals surface area contributed by atoms with Crippen molar-refractivity contribution < 1.29 is 9.47 Å². The van der Waals surface area contributed by atoms with Gasteiger partial charge in [0.1, 0.15) is 22.9 Å². The van der Waals surface area contributed by atoms with Crippen LogP contribution in [0.4, 0.5) is 11.8 Å². The second kappa shape index (κ2) is 5.72. The van der Waals surface area contributed by atoms with Crippen LogP contribution in [0.15, 0.2) is 6.07 Å². The quantitative estimate of drug-likeness (QED) is 0.647. The lowest BCUT2D eigenvalue weighted by Gasteiger charge is -2.18. The van der Waals surface area contributed by atoms with Crippen LogP contribution in [-0.2, 0) is 9.47 Å². The second-order valence-corrected chi connectivity index (χ2v) is 6.28. The molecule has 2 aromatic heterocycles. The summed E-state index contributed by atoms with van der Waals surface area (Å²) >= 11 is 1.63. The van der Waals surface area contributed by atoms with Crippen molar-refractivity contribution in [1.29, 1.82) is 0 Å². The molecule has 0 aromatic carbocycles.